The first-order valence-electron chi connectivity index (χ1n) is 11.5. The molecule has 0 bridgehead atoms. The van der Waals surface area contributed by atoms with Gasteiger partial charge in [0.05, 0.1) is 7.11 Å². The van der Waals surface area contributed by atoms with Crippen molar-refractivity contribution in [3.05, 3.63) is 119 Å². The van der Waals surface area contributed by atoms with Gasteiger partial charge in [-0.1, -0.05) is 107 Å². The van der Waals surface area contributed by atoms with Gasteiger partial charge >= 0.3 is 5.97 Å². The fourth-order valence-corrected chi connectivity index (χ4v) is 2.53. The summed E-state index contributed by atoms with van der Waals surface area (Å²) in [4.78, 5) is 21.9. The third kappa shape index (κ3) is 17.1. The minimum atomic E-state index is -0.271. The van der Waals surface area contributed by atoms with Crippen LogP contribution in [0, 0.1) is 0 Å². The van der Waals surface area contributed by atoms with Crippen LogP contribution in [0.15, 0.2) is 119 Å². The fraction of sp³-hybridized carbons (Fsp3) is 0.290. The predicted molar refractivity (Wildman–Crippen MR) is 146 cm³/mol. The standard InChI is InChI=1S/C31H40O3/c1-25(14-8-9-15-26(2)20-12-22-29(5)24-32)16-10-17-27(3)18-11-19-28(4)21-13-23-30(6)31(33)34-7/h8-12,14-20,22-24H,13,21H2,1-7H3/b9-8+,16-10+,18-11+,20-12+,25-14+,26-15+,27-17+,28-19+,29-22+,30-23+. The van der Waals surface area contributed by atoms with Crippen LogP contribution >= 0.6 is 0 Å². The van der Waals surface area contributed by atoms with E-state index in [0.29, 0.717) is 11.1 Å². The van der Waals surface area contributed by atoms with E-state index >= 15 is 0 Å². The lowest BCUT2D eigenvalue weighted by atomic mass is 10.1. The highest BCUT2D eigenvalue weighted by Crippen LogP contribution is 2.08. The number of hydrogen-bond donors (Lipinski definition) is 0. The molecule has 182 valence electrons. The second-order valence-electron chi connectivity index (χ2n) is 8.15. The van der Waals surface area contributed by atoms with Gasteiger partial charge in [0, 0.05) is 5.57 Å². The number of allylic oxidation sites excluding steroid dienone is 19. The first kappa shape index (κ1) is 30.5. The van der Waals surface area contributed by atoms with Gasteiger partial charge in [-0.3, -0.25) is 4.79 Å². The summed E-state index contributed by atoms with van der Waals surface area (Å²) in [7, 11) is 1.40. The first-order chi connectivity index (χ1) is 16.2. The Kier molecular flexibility index (Phi) is 17.1. The van der Waals surface area contributed by atoms with Crippen molar-refractivity contribution < 1.29 is 14.3 Å². The van der Waals surface area contributed by atoms with Gasteiger partial charge in [-0.15, -0.1) is 0 Å². The second kappa shape index (κ2) is 19.0. The van der Waals surface area contributed by atoms with Crippen molar-refractivity contribution in [1.29, 1.82) is 0 Å². The van der Waals surface area contributed by atoms with E-state index in [0.717, 1.165) is 35.8 Å². The monoisotopic (exact) mass is 460 g/mol. The van der Waals surface area contributed by atoms with E-state index in [1.165, 1.54) is 12.7 Å². The zero-order valence-electron chi connectivity index (χ0n) is 21.8. The molecule has 0 unspecified atom stereocenters. The Labute approximate surface area is 206 Å². The van der Waals surface area contributed by atoms with Crippen LogP contribution in [0.3, 0.4) is 0 Å². The maximum Gasteiger partial charge on any atom is 0.333 e. The molecule has 0 aliphatic heterocycles. The molecule has 0 aliphatic rings. The summed E-state index contributed by atoms with van der Waals surface area (Å²) in [5.41, 5.74) is 6.03. The first-order valence-corrected chi connectivity index (χ1v) is 11.5. The van der Waals surface area contributed by atoms with Crippen LogP contribution in [0.4, 0.5) is 0 Å². The van der Waals surface area contributed by atoms with E-state index in [2.05, 4.69) is 57.2 Å². The van der Waals surface area contributed by atoms with Crippen molar-refractivity contribution in [2.45, 2.75) is 54.4 Å². The molecule has 3 nitrogen and oxygen atoms in total. The van der Waals surface area contributed by atoms with Crippen LogP contribution in [0.2, 0.25) is 0 Å². The number of hydrogen-bond acceptors (Lipinski definition) is 3. The highest BCUT2D eigenvalue weighted by molar-refractivity contribution is 5.87. The zero-order chi connectivity index (χ0) is 25.8. The lowest BCUT2D eigenvalue weighted by Gasteiger charge is -1.99. The number of ether oxygens (including phenoxy) is 1. The van der Waals surface area contributed by atoms with Gasteiger partial charge in [-0.05, 0) is 60.0 Å². The van der Waals surface area contributed by atoms with Gasteiger partial charge < -0.3 is 4.74 Å². The highest BCUT2D eigenvalue weighted by Gasteiger charge is 2.01. The smallest absolute Gasteiger partial charge is 0.333 e. The van der Waals surface area contributed by atoms with Crippen LogP contribution in [0.25, 0.3) is 0 Å². The molecule has 0 aromatic carbocycles. The third-order valence-corrected chi connectivity index (χ3v) is 4.69. The normalized spacial score (nSPS) is 15.4. The van der Waals surface area contributed by atoms with E-state index in [1.807, 2.05) is 49.5 Å². The lowest BCUT2D eigenvalue weighted by molar-refractivity contribution is -0.136. The molecule has 0 N–H and O–H groups in total. The van der Waals surface area contributed by atoms with Crippen molar-refractivity contribution in [3.63, 3.8) is 0 Å². The summed E-state index contributed by atoms with van der Waals surface area (Å²) in [5, 5.41) is 0. The molecular formula is C31H40O3. The summed E-state index contributed by atoms with van der Waals surface area (Å²) in [6, 6.07) is 0. The Hall–Kier alpha value is -3.46. The van der Waals surface area contributed by atoms with E-state index in [9.17, 15) is 9.59 Å². The number of aldehydes is 1. The Morgan fingerprint density at radius 3 is 1.56 bits per heavy atom. The van der Waals surface area contributed by atoms with E-state index in [-0.39, 0.29) is 5.97 Å². The molecule has 0 fully saturated rings. The molecule has 0 spiro atoms. The summed E-state index contributed by atoms with van der Waals surface area (Å²) in [6.07, 6.45) is 30.6. The van der Waals surface area contributed by atoms with E-state index in [1.54, 1.807) is 19.9 Å². The minimum absolute atomic E-state index is 0.271. The zero-order valence-corrected chi connectivity index (χ0v) is 21.8. The van der Waals surface area contributed by atoms with Crippen LogP contribution < -0.4 is 0 Å². The molecule has 0 heterocycles. The van der Waals surface area contributed by atoms with Crippen molar-refractivity contribution in [3.8, 4) is 0 Å². The second-order valence-corrected chi connectivity index (χ2v) is 8.15. The molecule has 0 atom stereocenters. The fourth-order valence-electron chi connectivity index (χ4n) is 2.53. The SMILES string of the molecule is COC(=O)/C(C)=C/CC/C(C)=C/C=C/C(C)=C/C=C/C(C)=C/C=C/C=C(C)/C=C/C=C(\C)C=O. The largest absolute Gasteiger partial charge is 0.466 e. The summed E-state index contributed by atoms with van der Waals surface area (Å²) in [5.74, 6) is -0.271. The average molecular weight is 461 g/mol. The molecular weight excluding hydrogens is 420 g/mol. The molecule has 0 saturated heterocycles. The molecule has 0 radical (unpaired) electrons. The van der Waals surface area contributed by atoms with Crippen molar-refractivity contribution in [1.82, 2.24) is 0 Å². The van der Waals surface area contributed by atoms with Gasteiger partial charge in [0.25, 0.3) is 0 Å². The van der Waals surface area contributed by atoms with Gasteiger partial charge in [0.2, 0.25) is 0 Å². The predicted octanol–water partition coefficient (Wildman–Crippen LogP) is 8.04. The van der Waals surface area contributed by atoms with Gasteiger partial charge in [-0.25, -0.2) is 4.79 Å². The highest BCUT2D eigenvalue weighted by atomic mass is 16.5. The van der Waals surface area contributed by atoms with Crippen LogP contribution in [-0.4, -0.2) is 19.4 Å². The summed E-state index contributed by atoms with van der Waals surface area (Å²) < 4.78 is 4.70. The van der Waals surface area contributed by atoms with Gasteiger partial charge in [0.15, 0.2) is 0 Å². The molecule has 0 amide bonds. The summed E-state index contributed by atoms with van der Waals surface area (Å²) >= 11 is 0. The molecule has 0 aromatic heterocycles. The van der Waals surface area contributed by atoms with E-state index < -0.39 is 0 Å². The Bertz CT molecular complexity index is 968. The van der Waals surface area contributed by atoms with Crippen LogP contribution in [0.1, 0.15) is 54.4 Å². The van der Waals surface area contributed by atoms with Crippen LogP contribution in [0.5, 0.6) is 0 Å². The van der Waals surface area contributed by atoms with Crippen molar-refractivity contribution >= 4 is 12.3 Å². The number of carbonyl (C=O) groups excluding carboxylic acids is 2. The maximum atomic E-state index is 11.4. The average Bonchev–Trinajstić information content (AvgIpc) is 2.80. The third-order valence-electron chi connectivity index (χ3n) is 4.69. The Morgan fingerprint density at radius 2 is 1.09 bits per heavy atom. The summed E-state index contributed by atoms with van der Waals surface area (Å²) in [6.45, 7) is 11.8. The van der Waals surface area contributed by atoms with Gasteiger partial charge in [-0.2, -0.15) is 0 Å². The molecule has 0 saturated carbocycles. The number of rotatable bonds is 13. The quantitative estimate of drug-likeness (QED) is 0.121. The molecule has 3 heteroatoms. The minimum Gasteiger partial charge on any atom is -0.466 e. The molecule has 0 rings (SSSR count). The lowest BCUT2D eigenvalue weighted by Crippen LogP contribution is -2.01. The number of methoxy groups -OCH3 is 1. The Morgan fingerprint density at radius 1 is 0.647 bits per heavy atom. The number of esters is 1. The molecule has 0 aromatic rings. The Balaban J connectivity index is 4.66. The number of carbonyl (C=O) groups is 2. The van der Waals surface area contributed by atoms with Crippen LogP contribution in [-0.2, 0) is 14.3 Å². The van der Waals surface area contributed by atoms with Gasteiger partial charge in [0.1, 0.15) is 6.29 Å². The maximum absolute atomic E-state index is 11.4. The van der Waals surface area contributed by atoms with E-state index in [4.69, 9.17) is 4.74 Å². The van der Waals surface area contributed by atoms with Crippen molar-refractivity contribution in [2.24, 2.45) is 0 Å². The molecule has 0 aliphatic carbocycles. The topological polar surface area (TPSA) is 43.4 Å². The molecule has 34 heavy (non-hydrogen) atoms. The van der Waals surface area contributed by atoms with Crippen molar-refractivity contribution in [2.75, 3.05) is 7.11 Å².